The Balaban J connectivity index is 1.46. The molecular formula is C21H23N5O5. The molecule has 2 N–H and O–H groups in total. The van der Waals surface area contributed by atoms with Gasteiger partial charge in [0.15, 0.2) is 0 Å². The van der Waals surface area contributed by atoms with Crippen LogP contribution in [0.2, 0.25) is 0 Å². The van der Waals surface area contributed by atoms with Crippen molar-refractivity contribution in [3.05, 3.63) is 64.0 Å². The SMILES string of the molecule is Cc1ccc([N+](=O)[O-])cc1NC(=O)C(=O)NCC1CCN(C(=O)c2ccncc2)CC1. The van der Waals surface area contributed by atoms with E-state index in [1.807, 2.05) is 0 Å². The molecule has 1 saturated heterocycles. The maximum absolute atomic E-state index is 12.5. The number of non-ortho nitro benzene ring substituents is 1. The van der Waals surface area contributed by atoms with Crippen LogP contribution in [-0.2, 0) is 9.59 Å². The highest BCUT2D eigenvalue weighted by Gasteiger charge is 2.25. The number of hydrogen-bond donors (Lipinski definition) is 2. The molecule has 0 saturated carbocycles. The van der Waals surface area contributed by atoms with Crippen molar-refractivity contribution in [1.29, 1.82) is 0 Å². The summed E-state index contributed by atoms with van der Waals surface area (Å²) in [4.78, 5) is 52.8. The number of anilines is 1. The van der Waals surface area contributed by atoms with Crippen LogP contribution >= 0.6 is 0 Å². The van der Waals surface area contributed by atoms with Gasteiger partial charge in [-0.1, -0.05) is 6.07 Å². The fraction of sp³-hybridized carbons (Fsp3) is 0.333. The Bertz CT molecular complexity index is 987. The van der Waals surface area contributed by atoms with Gasteiger partial charge in [-0.15, -0.1) is 0 Å². The summed E-state index contributed by atoms with van der Waals surface area (Å²) in [6.07, 6.45) is 4.58. The second-order valence-corrected chi connectivity index (χ2v) is 7.39. The minimum atomic E-state index is -0.881. The predicted molar refractivity (Wildman–Crippen MR) is 112 cm³/mol. The Hall–Kier alpha value is -3.82. The van der Waals surface area contributed by atoms with Crippen molar-refractivity contribution in [3.8, 4) is 0 Å². The number of nitro benzene ring substituents is 1. The number of pyridine rings is 1. The molecule has 10 heteroatoms. The van der Waals surface area contributed by atoms with Crippen molar-refractivity contribution in [2.75, 3.05) is 25.0 Å². The van der Waals surface area contributed by atoms with E-state index in [9.17, 15) is 24.5 Å². The average Bonchev–Trinajstić information content (AvgIpc) is 2.79. The molecule has 0 atom stereocenters. The molecule has 0 radical (unpaired) electrons. The van der Waals surface area contributed by atoms with E-state index in [2.05, 4.69) is 15.6 Å². The number of nitrogens with one attached hydrogen (secondary N) is 2. The molecule has 31 heavy (non-hydrogen) atoms. The van der Waals surface area contributed by atoms with Crippen molar-refractivity contribution in [2.45, 2.75) is 19.8 Å². The van der Waals surface area contributed by atoms with Crippen molar-refractivity contribution >= 4 is 29.1 Å². The molecule has 0 bridgehead atoms. The normalized spacial score (nSPS) is 14.0. The fourth-order valence-corrected chi connectivity index (χ4v) is 3.37. The number of amides is 3. The summed E-state index contributed by atoms with van der Waals surface area (Å²) in [5, 5.41) is 15.9. The van der Waals surface area contributed by atoms with Gasteiger partial charge >= 0.3 is 11.8 Å². The van der Waals surface area contributed by atoms with Gasteiger partial charge in [-0.25, -0.2) is 0 Å². The molecule has 3 amide bonds. The van der Waals surface area contributed by atoms with Gasteiger partial charge in [0.1, 0.15) is 0 Å². The molecule has 162 valence electrons. The second kappa shape index (κ2) is 9.79. The van der Waals surface area contributed by atoms with Gasteiger partial charge in [0.2, 0.25) is 0 Å². The number of carbonyl (C=O) groups excluding carboxylic acids is 3. The molecule has 1 aromatic carbocycles. The van der Waals surface area contributed by atoms with E-state index in [0.29, 0.717) is 43.6 Å². The number of benzene rings is 1. The molecule has 0 aliphatic carbocycles. The number of likely N-dealkylation sites (tertiary alicyclic amines) is 1. The molecule has 3 rings (SSSR count). The third-order valence-corrected chi connectivity index (χ3v) is 5.27. The standard InChI is InChI=1S/C21H23N5O5/c1-14-2-3-17(26(30)31)12-18(14)24-20(28)19(27)23-13-15-6-10-25(11-7-15)21(29)16-4-8-22-9-5-16/h2-5,8-9,12,15H,6-7,10-11,13H2,1H3,(H,23,27)(H,24,28). The molecular weight excluding hydrogens is 402 g/mol. The van der Waals surface area contributed by atoms with Crippen molar-refractivity contribution in [3.63, 3.8) is 0 Å². The van der Waals surface area contributed by atoms with Crippen molar-refractivity contribution < 1.29 is 19.3 Å². The maximum atomic E-state index is 12.5. The fourth-order valence-electron chi connectivity index (χ4n) is 3.37. The lowest BCUT2D eigenvalue weighted by molar-refractivity contribution is -0.384. The first-order valence-corrected chi connectivity index (χ1v) is 9.88. The molecule has 1 fully saturated rings. The van der Waals surface area contributed by atoms with Gasteiger partial charge in [-0.3, -0.25) is 29.5 Å². The first-order chi connectivity index (χ1) is 14.8. The number of aryl methyl sites for hydroxylation is 1. The van der Waals surface area contributed by atoms with Crippen LogP contribution in [0.5, 0.6) is 0 Å². The van der Waals surface area contributed by atoms with Gasteiger partial charge in [0.25, 0.3) is 11.6 Å². The summed E-state index contributed by atoms with van der Waals surface area (Å²) < 4.78 is 0. The van der Waals surface area contributed by atoms with E-state index < -0.39 is 16.7 Å². The van der Waals surface area contributed by atoms with E-state index in [-0.39, 0.29) is 23.2 Å². The summed E-state index contributed by atoms with van der Waals surface area (Å²) in [5.74, 6) is -1.58. The first kappa shape index (κ1) is 21.9. The third kappa shape index (κ3) is 5.62. The van der Waals surface area contributed by atoms with Crippen LogP contribution in [0, 0.1) is 23.0 Å². The maximum Gasteiger partial charge on any atom is 0.313 e. The summed E-state index contributed by atoms with van der Waals surface area (Å²) in [6, 6.07) is 7.41. The summed E-state index contributed by atoms with van der Waals surface area (Å²) >= 11 is 0. The highest BCUT2D eigenvalue weighted by Crippen LogP contribution is 2.22. The minimum Gasteiger partial charge on any atom is -0.348 e. The topological polar surface area (TPSA) is 135 Å². The molecule has 0 unspecified atom stereocenters. The smallest absolute Gasteiger partial charge is 0.313 e. The zero-order valence-electron chi connectivity index (χ0n) is 17.0. The zero-order valence-corrected chi connectivity index (χ0v) is 17.0. The van der Waals surface area contributed by atoms with Crippen LogP contribution in [0.3, 0.4) is 0 Å². The van der Waals surface area contributed by atoms with Gasteiger partial charge < -0.3 is 15.5 Å². The molecule has 1 aliphatic heterocycles. The Morgan fingerprint density at radius 3 is 2.45 bits per heavy atom. The molecule has 1 aromatic heterocycles. The number of rotatable bonds is 5. The highest BCUT2D eigenvalue weighted by molar-refractivity contribution is 6.39. The second-order valence-electron chi connectivity index (χ2n) is 7.39. The van der Waals surface area contributed by atoms with Gasteiger partial charge in [-0.2, -0.15) is 0 Å². The number of aromatic nitrogens is 1. The zero-order chi connectivity index (χ0) is 22.4. The first-order valence-electron chi connectivity index (χ1n) is 9.88. The van der Waals surface area contributed by atoms with E-state index in [1.54, 1.807) is 36.4 Å². The van der Waals surface area contributed by atoms with Crippen molar-refractivity contribution in [2.24, 2.45) is 5.92 Å². The van der Waals surface area contributed by atoms with Crippen LogP contribution in [0.1, 0.15) is 28.8 Å². The molecule has 2 aromatic rings. The lowest BCUT2D eigenvalue weighted by Crippen LogP contribution is -2.43. The van der Waals surface area contributed by atoms with E-state index in [4.69, 9.17) is 0 Å². The lowest BCUT2D eigenvalue weighted by atomic mass is 9.96. The highest BCUT2D eigenvalue weighted by atomic mass is 16.6. The van der Waals surface area contributed by atoms with Gasteiger partial charge in [-0.05, 0) is 43.4 Å². The quantitative estimate of drug-likeness (QED) is 0.427. The van der Waals surface area contributed by atoms with Crippen molar-refractivity contribution in [1.82, 2.24) is 15.2 Å². The molecule has 10 nitrogen and oxygen atoms in total. The van der Waals surface area contributed by atoms with Crippen LogP contribution < -0.4 is 10.6 Å². The number of piperidine rings is 1. The van der Waals surface area contributed by atoms with Crippen LogP contribution in [0.15, 0.2) is 42.7 Å². The third-order valence-electron chi connectivity index (χ3n) is 5.27. The van der Waals surface area contributed by atoms with Crippen LogP contribution in [-0.4, -0.2) is 52.2 Å². The summed E-state index contributed by atoms with van der Waals surface area (Å²) in [7, 11) is 0. The number of hydrogen-bond acceptors (Lipinski definition) is 6. The summed E-state index contributed by atoms with van der Waals surface area (Å²) in [5.41, 5.74) is 1.25. The van der Waals surface area contributed by atoms with E-state index in [0.717, 1.165) is 0 Å². The summed E-state index contributed by atoms with van der Waals surface area (Å²) in [6.45, 7) is 3.14. The van der Waals surface area contributed by atoms with Gasteiger partial charge in [0.05, 0.1) is 10.6 Å². The largest absolute Gasteiger partial charge is 0.348 e. The Morgan fingerprint density at radius 2 is 1.81 bits per heavy atom. The Morgan fingerprint density at radius 1 is 1.13 bits per heavy atom. The van der Waals surface area contributed by atoms with Gasteiger partial charge in [0, 0.05) is 49.7 Å². The average molecular weight is 425 g/mol. The van der Waals surface area contributed by atoms with Crippen LogP contribution in [0.25, 0.3) is 0 Å². The Kier molecular flexibility index (Phi) is 6.91. The minimum absolute atomic E-state index is 0.0448. The number of nitro groups is 1. The van der Waals surface area contributed by atoms with Crippen LogP contribution in [0.4, 0.5) is 11.4 Å². The monoisotopic (exact) mass is 425 g/mol. The lowest BCUT2D eigenvalue weighted by Gasteiger charge is -2.32. The Labute approximate surface area is 178 Å². The van der Waals surface area contributed by atoms with E-state index in [1.165, 1.54) is 18.2 Å². The number of carbonyl (C=O) groups is 3. The molecule has 1 aliphatic rings. The van der Waals surface area contributed by atoms with E-state index >= 15 is 0 Å². The molecule has 0 spiro atoms. The number of nitrogens with zero attached hydrogens (tertiary/aromatic N) is 3. The predicted octanol–water partition coefficient (Wildman–Crippen LogP) is 1.91. The molecule has 2 heterocycles.